The van der Waals surface area contributed by atoms with E-state index in [-0.39, 0.29) is 12.7 Å². The van der Waals surface area contributed by atoms with Gasteiger partial charge in [-0.05, 0) is 26.2 Å². The number of anilines is 2. The molecule has 0 aliphatic carbocycles. The molecule has 1 rings (SSSR count). The Morgan fingerprint density at radius 2 is 1.84 bits per heavy atom. The Morgan fingerprint density at radius 3 is 2.42 bits per heavy atom. The highest BCUT2D eigenvalue weighted by molar-refractivity contribution is 5.35. The Hall–Kier alpha value is -1.63. The molecule has 0 radical (unpaired) electrons. The minimum atomic E-state index is 0.00766. The van der Waals surface area contributed by atoms with E-state index in [1.165, 1.54) is 0 Å². The van der Waals surface area contributed by atoms with Crippen LogP contribution in [0.5, 0.6) is 6.01 Å². The van der Waals surface area contributed by atoms with E-state index in [2.05, 4.69) is 32.5 Å². The third-order valence-corrected chi connectivity index (χ3v) is 2.41. The predicted molar refractivity (Wildman–Crippen MR) is 74.5 cm³/mol. The molecule has 7 heteroatoms. The van der Waals surface area contributed by atoms with E-state index in [0.29, 0.717) is 30.4 Å². The summed E-state index contributed by atoms with van der Waals surface area (Å²) in [5.74, 6) is 1.28. The van der Waals surface area contributed by atoms with Gasteiger partial charge in [0.05, 0.1) is 6.10 Å². The van der Waals surface area contributed by atoms with Gasteiger partial charge >= 0.3 is 6.01 Å². The first-order valence-electron chi connectivity index (χ1n) is 6.50. The maximum absolute atomic E-state index is 8.86. The molecule has 0 saturated carbocycles. The zero-order valence-electron chi connectivity index (χ0n) is 12.0. The van der Waals surface area contributed by atoms with Gasteiger partial charge in [-0.1, -0.05) is 6.92 Å². The van der Waals surface area contributed by atoms with Crippen LogP contribution in [0.15, 0.2) is 0 Å². The smallest absolute Gasteiger partial charge is 0.323 e. The topological polar surface area (TPSA) is 92.2 Å². The summed E-state index contributed by atoms with van der Waals surface area (Å²) in [4.78, 5) is 12.5. The first-order chi connectivity index (χ1) is 9.05. The predicted octanol–water partition coefficient (Wildman–Crippen LogP) is 1.13. The van der Waals surface area contributed by atoms with Gasteiger partial charge in [0.25, 0.3) is 0 Å². The van der Waals surface area contributed by atoms with Crippen LogP contribution in [0.2, 0.25) is 0 Å². The van der Waals surface area contributed by atoms with Crippen molar-refractivity contribution in [1.29, 1.82) is 0 Å². The largest absolute Gasteiger partial charge is 0.461 e. The summed E-state index contributed by atoms with van der Waals surface area (Å²) >= 11 is 0. The molecule has 1 unspecified atom stereocenters. The summed E-state index contributed by atoms with van der Waals surface area (Å²) in [7, 11) is 1.74. The molecule has 3 N–H and O–H groups in total. The lowest BCUT2D eigenvalue weighted by Gasteiger charge is -2.13. The summed E-state index contributed by atoms with van der Waals surface area (Å²) < 4.78 is 5.47. The molecule has 7 nitrogen and oxygen atoms in total. The number of ether oxygens (including phenoxy) is 1. The van der Waals surface area contributed by atoms with Crippen LogP contribution in [0.1, 0.15) is 27.2 Å². The minimum absolute atomic E-state index is 0.00766. The Morgan fingerprint density at radius 1 is 1.16 bits per heavy atom. The van der Waals surface area contributed by atoms with Gasteiger partial charge in [-0.3, -0.25) is 0 Å². The van der Waals surface area contributed by atoms with Crippen LogP contribution in [0.25, 0.3) is 0 Å². The van der Waals surface area contributed by atoms with Gasteiger partial charge in [0.2, 0.25) is 11.9 Å². The minimum Gasteiger partial charge on any atom is -0.461 e. The van der Waals surface area contributed by atoms with Gasteiger partial charge in [0.1, 0.15) is 0 Å². The van der Waals surface area contributed by atoms with Crippen LogP contribution in [0.3, 0.4) is 0 Å². The van der Waals surface area contributed by atoms with E-state index in [9.17, 15) is 0 Å². The van der Waals surface area contributed by atoms with Crippen molar-refractivity contribution in [2.24, 2.45) is 5.92 Å². The SMILES string of the molecule is CNc1nc(NCC(C)CCO)nc(OC(C)C)n1. The van der Waals surface area contributed by atoms with Gasteiger partial charge in [-0.2, -0.15) is 15.0 Å². The molecule has 1 heterocycles. The summed E-state index contributed by atoms with van der Waals surface area (Å²) in [5, 5.41) is 14.9. The maximum Gasteiger partial charge on any atom is 0.323 e. The van der Waals surface area contributed by atoms with Crippen LogP contribution in [0, 0.1) is 5.92 Å². The molecule has 0 bridgehead atoms. The van der Waals surface area contributed by atoms with Gasteiger partial charge in [-0.25, -0.2) is 0 Å². The molecule has 0 fully saturated rings. The first-order valence-corrected chi connectivity index (χ1v) is 6.50. The zero-order chi connectivity index (χ0) is 14.3. The molecule has 0 aromatic carbocycles. The van der Waals surface area contributed by atoms with Crippen molar-refractivity contribution >= 4 is 11.9 Å². The monoisotopic (exact) mass is 269 g/mol. The summed E-state index contributed by atoms with van der Waals surface area (Å²) in [6.07, 6.45) is 0.750. The van der Waals surface area contributed by atoms with E-state index < -0.39 is 0 Å². The van der Waals surface area contributed by atoms with Gasteiger partial charge in [-0.15, -0.1) is 0 Å². The lowest BCUT2D eigenvalue weighted by Crippen LogP contribution is -2.16. The quantitative estimate of drug-likeness (QED) is 0.651. The molecule has 19 heavy (non-hydrogen) atoms. The number of hydrogen-bond acceptors (Lipinski definition) is 7. The number of aromatic nitrogens is 3. The van der Waals surface area contributed by atoms with Gasteiger partial charge in [0.15, 0.2) is 0 Å². The Labute approximate surface area is 113 Å². The van der Waals surface area contributed by atoms with Crippen molar-refractivity contribution in [2.45, 2.75) is 33.3 Å². The highest BCUT2D eigenvalue weighted by atomic mass is 16.5. The fraction of sp³-hybridized carbons (Fsp3) is 0.750. The van der Waals surface area contributed by atoms with E-state index >= 15 is 0 Å². The Balaban J connectivity index is 2.70. The van der Waals surface area contributed by atoms with Crippen molar-refractivity contribution in [3.05, 3.63) is 0 Å². The summed E-state index contributed by atoms with van der Waals surface area (Å²) in [5.41, 5.74) is 0. The molecule has 0 aliphatic rings. The second-order valence-electron chi connectivity index (χ2n) is 4.68. The lowest BCUT2D eigenvalue weighted by molar-refractivity contribution is 0.222. The van der Waals surface area contributed by atoms with Crippen molar-refractivity contribution in [3.8, 4) is 6.01 Å². The third kappa shape index (κ3) is 5.69. The van der Waals surface area contributed by atoms with E-state index in [0.717, 1.165) is 6.42 Å². The molecule has 0 spiro atoms. The maximum atomic E-state index is 8.86. The number of hydrogen-bond donors (Lipinski definition) is 3. The Kier molecular flexibility index (Phi) is 6.27. The van der Waals surface area contributed by atoms with Crippen LogP contribution in [0.4, 0.5) is 11.9 Å². The number of aliphatic hydroxyl groups is 1. The molecule has 0 aliphatic heterocycles. The highest BCUT2D eigenvalue weighted by Crippen LogP contribution is 2.13. The fourth-order valence-electron chi connectivity index (χ4n) is 1.40. The number of nitrogens with zero attached hydrogens (tertiary/aromatic N) is 3. The molecule has 1 aromatic heterocycles. The molecule has 0 saturated heterocycles. The Bertz CT molecular complexity index is 386. The van der Waals surface area contributed by atoms with E-state index in [1.807, 2.05) is 13.8 Å². The highest BCUT2D eigenvalue weighted by Gasteiger charge is 2.09. The summed E-state index contributed by atoms with van der Waals surface area (Å²) in [6.45, 7) is 6.76. The second kappa shape index (κ2) is 7.73. The normalized spacial score (nSPS) is 12.3. The standard InChI is InChI=1S/C12H23N5O2/c1-8(2)19-12-16-10(13-4)15-11(17-12)14-7-9(3)5-6-18/h8-9,18H,5-7H2,1-4H3,(H2,13,14,15,16,17). The fourth-order valence-corrected chi connectivity index (χ4v) is 1.40. The van der Waals surface area contributed by atoms with E-state index in [4.69, 9.17) is 9.84 Å². The van der Waals surface area contributed by atoms with Crippen LogP contribution >= 0.6 is 0 Å². The molecule has 0 amide bonds. The summed E-state index contributed by atoms with van der Waals surface area (Å²) in [6, 6.07) is 0.298. The average molecular weight is 269 g/mol. The zero-order valence-corrected chi connectivity index (χ0v) is 12.0. The average Bonchev–Trinajstić information content (AvgIpc) is 2.35. The van der Waals surface area contributed by atoms with Crippen LogP contribution < -0.4 is 15.4 Å². The van der Waals surface area contributed by atoms with Gasteiger partial charge < -0.3 is 20.5 Å². The van der Waals surface area contributed by atoms with Crippen molar-refractivity contribution in [3.63, 3.8) is 0 Å². The van der Waals surface area contributed by atoms with E-state index in [1.54, 1.807) is 7.05 Å². The number of nitrogens with one attached hydrogen (secondary N) is 2. The number of aliphatic hydroxyl groups excluding tert-OH is 1. The third-order valence-electron chi connectivity index (χ3n) is 2.41. The van der Waals surface area contributed by atoms with Crippen molar-refractivity contribution < 1.29 is 9.84 Å². The first kappa shape index (κ1) is 15.4. The second-order valence-corrected chi connectivity index (χ2v) is 4.68. The molecule has 108 valence electrons. The molecule has 1 aromatic rings. The molecular weight excluding hydrogens is 246 g/mol. The van der Waals surface area contributed by atoms with Crippen molar-refractivity contribution in [2.75, 3.05) is 30.8 Å². The molecular formula is C12H23N5O2. The van der Waals surface area contributed by atoms with Crippen LogP contribution in [-0.4, -0.2) is 46.4 Å². The van der Waals surface area contributed by atoms with Crippen molar-refractivity contribution in [1.82, 2.24) is 15.0 Å². The molecule has 1 atom stereocenters. The van der Waals surface area contributed by atoms with Crippen LogP contribution in [-0.2, 0) is 0 Å². The lowest BCUT2D eigenvalue weighted by atomic mass is 10.1. The van der Waals surface area contributed by atoms with Gasteiger partial charge in [0, 0.05) is 20.2 Å². The number of rotatable bonds is 8.